The highest BCUT2D eigenvalue weighted by Gasteiger charge is 2.17. The highest BCUT2D eigenvalue weighted by Crippen LogP contribution is 2.34. The third-order valence-corrected chi connectivity index (χ3v) is 3.54. The first kappa shape index (κ1) is 14.4. The lowest BCUT2D eigenvalue weighted by molar-refractivity contribution is 0.218. The van der Waals surface area contributed by atoms with Gasteiger partial charge in [-0.25, -0.2) is 0 Å². The summed E-state index contributed by atoms with van der Waals surface area (Å²) >= 11 is 0. The number of hydrogen-bond acceptors (Lipinski definition) is 3. The summed E-state index contributed by atoms with van der Waals surface area (Å²) in [6.45, 7) is 4.01. The van der Waals surface area contributed by atoms with Gasteiger partial charge in [-0.15, -0.1) is 0 Å². The standard InChI is InChI=1S/C17H20O3/c1-11-6-5-7-12(2)16(11)17(18)13-8-9-14(19-3)15(10-13)20-4/h5-10,17-18H,1-4H3. The zero-order valence-electron chi connectivity index (χ0n) is 12.3. The monoisotopic (exact) mass is 272 g/mol. The van der Waals surface area contributed by atoms with Crippen LogP contribution in [0, 0.1) is 13.8 Å². The van der Waals surface area contributed by atoms with Crippen molar-refractivity contribution in [1.82, 2.24) is 0 Å². The molecule has 0 aliphatic heterocycles. The van der Waals surface area contributed by atoms with Crippen molar-refractivity contribution in [3.8, 4) is 11.5 Å². The summed E-state index contributed by atoms with van der Waals surface area (Å²) in [6.07, 6.45) is -0.670. The summed E-state index contributed by atoms with van der Waals surface area (Å²) < 4.78 is 10.5. The van der Waals surface area contributed by atoms with Gasteiger partial charge in [-0.3, -0.25) is 0 Å². The van der Waals surface area contributed by atoms with Gasteiger partial charge in [0, 0.05) is 0 Å². The second-order valence-corrected chi connectivity index (χ2v) is 4.82. The molecule has 0 aliphatic rings. The fourth-order valence-electron chi connectivity index (χ4n) is 2.45. The zero-order valence-corrected chi connectivity index (χ0v) is 12.3. The van der Waals surface area contributed by atoms with Gasteiger partial charge < -0.3 is 14.6 Å². The van der Waals surface area contributed by atoms with Gasteiger partial charge in [-0.1, -0.05) is 24.3 Å². The number of rotatable bonds is 4. The van der Waals surface area contributed by atoms with Crippen LogP contribution in [0.4, 0.5) is 0 Å². The van der Waals surface area contributed by atoms with E-state index in [1.165, 1.54) is 0 Å². The Bertz CT molecular complexity index is 585. The summed E-state index contributed by atoms with van der Waals surface area (Å²) in [7, 11) is 3.19. The lowest BCUT2D eigenvalue weighted by atomic mass is 9.93. The molecule has 0 amide bonds. The fourth-order valence-corrected chi connectivity index (χ4v) is 2.45. The normalized spacial score (nSPS) is 12.1. The number of ether oxygens (including phenoxy) is 2. The van der Waals surface area contributed by atoms with Gasteiger partial charge >= 0.3 is 0 Å². The summed E-state index contributed by atoms with van der Waals surface area (Å²) in [5, 5.41) is 10.6. The van der Waals surface area contributed by atoms with Crippen molar-refractivity contribution >= 4 is 0 Å². The van der Waals surface area contributed by atoms with Crippen LogP contribution in [0.15, 0.2) is 36.4 Å². The molecule has 2 aromatic carbocycles. The molecule has 3 heteroatoms. The molecule has 2 rings (SSSR count). The number of hydrogen-bond donors (Lipinski definition) is 1. The maximum absolute atomic E-state index is 10.6. The van der Waals surface area contributed by atoms with Crippen LogP contribution in [0.1, 0.15) is 28.4 Å². The van der Waals surface area contributed by atoms with Crippen molar-refractivity contribution in [3.63, 3.8) is 0 Å². The maximum atomic E-state index is 10.6. The molecule has 106 valence electrons. The van der Waals surface area contributed by atoms with Crippen molar-refractivity contribution in [2.45, 2.75) is 20.0 Å². The first-order valence-electron chi connectivity index (χ1n) is 6.54. The largest absolute Gasteiger partial charge is 0.493 e. The van der Waals surface area contributed by atoms with Crippen LogP contribution >= 0.6 is 0 Å². The molecule has 1 unspecified atom stereocenters. The molecule has 0 fully saturated rings. The van der Waals surface area contributed by atoms with Gasteiger partial charge in [0.1, 0.15) is 6.10 Å². The summed E-state index contributed by atoms with van der Waals surface area (Å²) in [5.74, 6) is 1.28. The highest BCUT2D eigenvalue weighted by atomic mass is 16.5. The number of benzene rings is 2. The van der Waals surface area contributed by atoms with Crippen LogP contribution in [0.3, 0.4) is 0 Å². The fraction of sp³-hybridized carbons (Fsp3) is 0.294. The van der Waals surface area contributed by atoms with Gasteiger partial charge in [0.2, 0.25) is 0 Å². The van der Waals surface area contributed by atoms with E-state index in [1.807, 2.05) is 50.2 Å². The lowest BCUT2D eigenvalue weighted by Crippen LogP contribution is -2.05. The third-order valence-electron chi connectivity index (χ3n) is 3.54. The van der Waals surface area contributed by atoms with Crippen LogP contribution < -0.4 is 9.47 Å². The van der Waals surface area contributed by atoms with Crippen LogP contribution in [0.25, 0.3) is 0 Å². The average molecular weight is 272 g/mol. The minimum absolute atomic E-state index is 0.621. The third kappa shape index (κ3) is 2.63. The Morgan fingerprint density at radius 3 is 2.05 bits per heavy atom. The van der Waals surface area contributed by atoms with E-state index in [1.54, 1.807) is 14.2 Å². The average Bonchev–Trinajstić information content (AvgIpc) is 2.46. The van der Waals surface area contributed by atoms with E-state index in [4.69, 9.17) is 9.47 Å². The Kier molecular flexibility index (Phi) is 4.30. The van der Waals surface area contributed by atoms with Crippen LogP contribution in [-0.2, 0) is 0 Å². The second-order valence-electron chi connectivity index (χ2n) is 4.82. The first-order chi connectivity index (χ1) is 9.58. The summed E-state index contributed by atoms with van der Waals surface area (Å²) in [5.41, 5.74) is 3.89. The summed E-state index contributed by atoms with van der Waals surface area (Å²) in [4.78, 5) is 0. The van der Waals surface area contributed by atoms with E-state index in [9.17, 15) is 5.11 Å². The Labute approximate surface area is 119 Å². The van der Waals surface area contributed by atoms with Crippen molar-refractivity contribution in [3.05, 3.63) is 58.7 Å². The molecule has 0 saturated heterocycles. The quantitative estimate of drug-likeness (QED) is 0.927. The molecule has 1 N–H and O–H groups in total. The van der Waals surface area contributed by atoms with Crippen LogP contribution in [0.5, 0.6) is 11.5 Å². The molecular formula is C17H20O3. The molecule has 2 aromatic rings. The molecule has 0 aliphatic carbocycles. The molecule has 0 radical (unpaired) electrons. The predicted octanol–water partition coefficient (Wildman–Crippen LogP) is 3.40. The number of methoxy groups -OCH3 is 2. The van der Waals surface area contributed by atoms with E-state index in [0.717, 1.165) is 22.3 Å². The van der Waals surface area contributed by atoms with Crippen molar-refractivity contribution in [1.29, 1.82) is 0 Å². The Morgan fingerprint density at radius 1 is 0.900 bits per heavy atom. The molecule has 20 heavy (non-hydrogen) atoms. The van der Waals surface area contributed by atoms with E-state index in [2.05, 4.69) is 0 Å². The van der Waals surface area contributed by atoms with Gasteiger partial charge in [-0.2, -0.15) is 0 Å². The van der Waals surface area contributed by atoms with Gasteiger partial charge in [0.15, 0.2) is 11.5 Å². The van der Waals surface area contributed by atoms with E-state index < -0.39 is 6.10 Å². The van der Waals surface area contributed by atoms with Crippen molar-refractivity contribution in [2.24, 2.45) is 0 Å². The number of aryl methyl sites for hydroxylation is 2. The van der Waals surface area contributed by atoms with Gasteiger partial charge in [0.05, 0.1) is 14.2 Å². The maximum Gasteiger partial charge on any atom is 0.161 e. The van der Waals surface area contributed by atoms with Gasteiger partial charge in [0.25, 0.3) is 0 Å². The Morgan fingerprint density at radius 2 is 1.50 bits per heavy atom. The molecule has 0 spiro atoms. The highest BCUT2D eigenvalue weighted by molar-refractivity contribution is 5.47. The predicted molar refractivity (Wildman–Crippen MR) is 79.5 cm³/mol. The SMILES string of the molecule is COc1ccc(C(O)c2c(C)cccc2C)cc1OC. The topological polar surface area (TPSA) is 38.7 Å². The molecule has 1 atom stereocenters. The molecule has 0 aromatic heterocycles. The number of aliphatic hydroxyl groups excluding tert-OH is 1. The summed E-state index contributed by atoms with van der Waals surface area (Å²) in [6, 6.07) is 11.5. The van der Waals surface area contributed by atoms with E-state index in [0.29, 0.717) is 11.5 Å². The first-order valence-corrected chi connectivity index (χ1v) is 6.54. The smallest absolute Gasteiger partial charge is 0.161 e. The van der Waals surface area contributed by atoms with E-state index in [-0.39, 0.29) is 0 Å². The van der Waals surface area contributed by atoms with Crippen LogP contribution in [0.2, 0.25) is 0 Å². The number of aliphatic hydroxyl groups is 1. The molecule has 3 nitrogen and oxygen atoms in total. The molecule has 0 saturated carbocycles. The van der Waals surface area contributed by atoms with Gasteiger partial charge in [-0.05, 0) is 48.2 Å². The van der Waals surface area contributed by atoms with Crippen molar-refractivity contribution in [2.75, 3.05) is 14.2 Å². The molecule has 0 bridgehead atoms. The van der Waals surface area contributed by atoms with Crippen LogP contribution in [-0.4, -0.2) is 19.3 Å². The second kappa shape index (κ2) is 5.97. The Hall–Kier alpha value is -2.00. The molecule has 0 heterocycles. The molecular weight excluding hydrogens is 252 g/mol. The zero-order chi connectivity index (χ0) is 14.7. The van der Waals surface area contributed by atoms with Crippen molar-refractivity contribution < 1.29 is 14.6 Å². The Balaban J connectivity index is 2.46. The minimum atomic E-state index is -0.670. The lowest BCUT2D eigenvalue weighted by Gasteiger charge is -2.18. The minimum Gasteiger partial charge on any atom is -0.493 e. The van der Waals surface area contributed by atoms with E-state index >= 15 is 0 Å².